The summed E-state index contributed by atoms with van der Waals surface area (Å²) in [5, 5.41) is 0.758. The van der Waals surface area contributed by atoms with Gasteiger partial charge in [-0.2, -0.15) is 0 Å². The molecule has 3 aromatic rings. The van der Waals surface area contributed by atoms with Crippen LogP contribution in [-0.4, -0.2) is 13.4 Å². The van der Waals surface area contributed by atoms with Crippen molar-refractivity contribution < 1.29 is 18.7 Å². The van der Waals surface area contributed by atoms with E-state index in [0.29, 0.717) is 28.2 Å². The Morgan fingerprint density at radius 2 is 1.78 bits per heavy atom. The fourth-order valence-corrected chi connectivity index (χ4v) is 2.26. The van der Waals surface area contributed by atoms with E-state index in [1.165, 1.54) is 6.07 Å². The Morgan fingerprint density at radius 1 is 1.04 bits per heavy atom. The van der Waals surface area contributed by atoms with Crippen molar-refractivity contribution in [2.24, 2.45) is 0 Å². The van der Waals surface area contributed by atoms with Crippen molar-refractivity contribution in [3.63, 3.8) is 0 Å². The van der Waals surface area contributed by atoms with Crippen LogP contribution >= 0.6 is 0 Å². The fraction of sp³-hybridized carbons (Fsp3) is 0.111. The number of fused-ring (bicyclic) bond motifs is 1. The van der Waals surface area contributed by atoms with Crippen LogP contribution in [0.3, 0.4) is 0 Å². The number of hydrogen-bond donors (Lipinski definition) is 0. The van der Waals surface area contributed by atoms with Gasteiger partial charge in [0.2, 0.25) is 0 Å². The van der Waals surface area contributed by atoms with Crippen LogP contribution in [0.2, 0.25) is 0 Å². The quantitative estimate of drug-likeness (QED) is 0.535. The van der Waals surface area contributed by atoms with Crippen molar-refractivity contribution in [2.45, 2.75) is 6.61 Å². The maximum absolute atomic E-state index is 11.7. The Kier molecular flexibility index (Phi) is 4.10. The van der Waals surface area contributed by atoms with E-state index in [4.69, 9.17) is 13.9 Å². The van der Waals surface area contributed by atoms with Gasteiger partial charge >= 0.3 is 5.63 Å². The molecule has 1 aromatic heterocycles. The smallest absolute Gasteiger partial charge is 0.336 e. The summed E-state index contributed by atoms with van der Waals surface area (Å²) in [5.74, 6) is 1.28. The average molecular weight is 310 g/mol. The average Bonchev–Trinajstić information content (AvgIpc) is 2.59. The minimum atomic E-state index is -0.433. The van der Waals surface area contributed by atoms with Gasteiger partial charge in [-0.15, -0.1) is 0 Å². The highest BCUT2D eigenvalue weighted by Gasteiger charge is 2.08. The van der Waals surface area contributed by atoms with Crippen LogP contribution in [-0.2, 0) is 6.61 Å². The third kappa shape index (κ3) is 3.23. The van der Waals surface area contributed by atoms with Gasteiger partial charge in [0.15, 0.2) is 0 Å². The number of carbonyl (C=O) groups is 1. The molecule has 0 radical (unpaired) electrons. The molecule has 0 saturated heterocycles. The van der Waals surface area contributed by atoms with Gasteiger partial charge in [-0.1, -0.05) is 0 Å². The SMILES string of the molecule is COc1ccc2oc(=O)cc(COc3ccc(C=O)cc3)c2c1. The number of hydrogen-bond acceptors (Lipinski definition) is 5. The second kappa shape index (κ2) is 6.36. The lowest BCUT2D eigenvalue weighted by atomic mass is 10.1. The minimum absolute atomic E-state index is 0.204. The summed E-state index contributed by atoms with van der Waals surface area (Å²) >= 11 is 0. The summed E-state index contributed by atoms with van der Waals surface area (Å²) in [6, 6.07) is 13.4. The first-order valence-electron chi connectivity index (χ1n) is 6.98. The Bertz CT molecular complexity index is 893. The van der Waals surface area contributed by atoms with Crippen LogP contribution in [0.4, 0.5) is 0 Å². The number of benzene rings is 2. The van der Waals surface area contributed by atoms with E-state index in [-0.39, 0.29) is 6.61 Å². The molecule has 0 aliphatic heterocycles. The molecule has 116 valence electrons. The van der Waals surface area contributed by atoms with Gasteiger partial charge in [0, 0.05) is 22.6 Å². The van der Waals surface area contributed by atoms with Crippen molar-refractivity contribution >= 4 is 17.3 Å². The number of methoxy groups -OCH3 is 1. The second-order valence-electron chi connectivity index (χ2n) is 4.93. The molecule has 0 saturated carbocycles. The normalized spacial score (nSPS) is 10.5. The van der Waals surface area contributed by atoms with Gasteiger partial charge in [-0.3, -0.25) is 4.79 Å². The van der Waals surface area contributed by atoms with Gasteiger partial charge in [-0.25, -0.2) is 4.79 Å². The molecule has 0 unspecified atom stereocenters. The zero-order valence-electron chi connectivity index (χ0n) is 12.4. The van der Waals surface area contributed by atoms with Crippen LogP contribution in [0.15, 0.2) is 57.7 Å². The van der Waals surface area contributed by atoms with E-state index < -0.39 is 5.63 Å². The first kappa shape index (κ1) is 14.8. The molecule has 0 N–H and O–H groups in total. The van der Waals surface area contributed by atoms with Crippen molar-refractivity contribution in [1.29, 1.82) is 0 Å². The molecule has 0 amide bonds. The van der Waals surface area contributed by atoms with E-state index in [9.17, 15) is 9.59 Å². The fourth-order valence-electron chi connectivity index (χ4n) is 2.26. The zero-order valence-corrected chi connectivity index (χ0v) is 12.4. The van der Waals surface area contributed by atoms with Gasteiger partial charge in [0.25, 0.3) is 0 Å². The maximum Gasteiger partial charge on any atom is 0.336 e. The molecular formula is C18H14O5. The first-order chi connectivity index (χ1) is 11.2. The summed E-state index contributed by atoms with van der Waals surface area (Å²) < 4.78 is 16.1. The van der Waals surface area contributed by atoms with Crippen molar-refractivity contribution in [1.82, 2.24) is 0 Å². The molecule has 2 aromatic carbocycles. The summed E-state index contributed by atoms with van der Waals surface area (Å²) in [6.45, 7) is 0.204. The Hall–Kier alpha value is -3.08. The Balaban J connectivity index is 1.91. The molecule has 23 heavy (non-hydrogen) atoms. The molecule has 0 spiro atoms. The molecule has 0 bridgehead atoms. The van der Waals surface area contributed by atoms with Gasteiger partial charge < -0.3 is 13.9 Å². The van der Waals surface area contributed by atoms with E-state index in [1.807, 2.05) is 0 Å². The zero-order chi connectivity index (χ0) is 16.2. The lowest BCUT2D eigenvalue weighted by molar-refractivity contribution is 0.112. The largest absolute Gasteiger partial charge is 0.497 e. The van der Waals surface area contributed by atoms with Crippen molar-refractivity contribution in [3.8, 4) is 11.5 Å². The summed E-state index contributed by atoms with van der Waals surface area (Å²) in [7, 11) is 1.57. The van der Waals surface area contributed by atoms with Gasteiger partial charge in [-0.05, 0) is 42.5 Å². The highest BCUT2D eigenvalue weighted by molar-refractivity contribution is 5.81. The lowest BCUT2D eigenvalue weighted by Gasteiger charge is -2.09. The van der Waals surface area contributed by atoms with E-state index >= 15 is 0 Å². The minimum Gasteiger partial charge on any atom is -0.497 e. The standard InChI is InChI=1S/C18H14O5/c1-21-15-6-7-17-16(9-15)13(8-18(20)23-17)11-22-14-4-2-12(10-19)3-5-14/h2-10H,11H2,1H3. The molecule has 3 rings (SSSR count). The van der Waals surface area contributed by atoms with Crippen LogP contribution in [0, 0.1) is 0 Å². The third-order valence-corrected chi connectivity index (χ3v) is 3.45. The molecule has 0 fully saturated rings. The number of carbonyl (C=O) groups excluding carboxylic acids is 1. The Morgan fingerprint density at radius 3 is 2.48 bits per heavy atom. The lowest BCUT2D eigenvalue weighted by Crippen LogP contribution is -2.04. The third-order valence-electron chi connectivity index (χ3n) is 3.45. The number of aldehydes is 1. The molecule has 5 heteroatoms. The molecule has 0 aliphatic rings. The topological polar surface area (TPSA) is 65.7 Å². The molecule has 0 aliphatic carbocycles. The summed E-state index contributed by atoms with van der Waals surface area (Å²) in [6.07, 6.45) is 0.770. The highest BCUT2D eigenvalue weighted by atomic mass is 16.5. The Labute approximate surface area is 132 Å². The first-order valence-corrected chi connectivity index (χ1v) is 6.98. The van der Waals surface area contributed by atoms with Gasteiger partial charge in [0.05, 0.1) is 7.11 Å². The number of ether oxygens (including phenoxy) is 2. The molecule has 1 heterocycles. The van der Waals surface area contributed by atoms with Crippen molar-refractivity contribution in [2.75, 3.05) is 7.11 Å². The van der Waals surface area contributed by atoms with Crippen LogP contribution < -0.4 is 15.1 Å². The maximum atomic E-state index is 11.7. The van der Waals surface area contributed by atoms with Gasteiger partial charge in [0.1, 0.15) is 30.0 Å². The van der Waals surface area contributed by atoms with E-state index in [0.717, 1.165) is 11.7 Å². The second-order valence-corrected chi connectivity index (χ2v) is 4.93. The van der Waals surface area contributed by atoms with Crippen LogP contribution in [0.1, 0.15) is 15.9 Å². The number of rotatable bonds is 5. The predicted molar refractivity (Wildman–Crippen MR) is 85.2 cm³/mol. The predicted octanol–water partition coefficient (Wildman–Crippen LogP) is 3.19. The molecular weight excluding hydrogens is 296 g/mol. The summed E-state index contributed by atoms with van der Waals surface area (Å²) in [5.41, 5.74) is 1.33. The van der Waals surface area contributed by atoms with Crippen LogP contribution in [0.25, 0.3) is 11.0 Å². The highest BCUT2D eigenvalue weighted by Crippen LogP contribution is 2.24. The summed E-state index contributed by atoms with van der Waals surface area (Å²) in [4.78, 5) is 22.3. The monoisotopic (exact) mass is 310 g/mol. The van der Waals surface area contributed by atoms with E-state index in [1.54, 1.807) is 49.6 Å². The molecule has 0 atom stereocenters. The van der Waals surface area contributed by atoms with Crippen LogP contribution in [0.5, 0.6) is 11.5 Å². The molecule has 5 nitrogen and oxygen atoms in total. The van der Waals surface area contributed by atoms with E-state index in [2.05, 4.69) is 0 Å². The van der Waals surface area contributed by atoms with Crippen molar-refractivity contribution in [3.05, 3.63) is 70.1 Å².